The van der Waals surface area contributed by atoms with Crippen molar-refractivity contribution in [3.8, 4) is 5.75 Å². The SMILES string of the molecule is COc1cccc2c1CC(N)C2OCCC(=O)O. The second-order valence-electron chi connectivity index (χ2n) is 4.33. The average molecular weight is 251 g/mol. The van der Waals surface area contributed by atoms with Gasteiger partial charge in [-0.2, -0.15) is 0 Å². The van der Waals surface area contributed by atoms with Crippen LogP contribution in [-0.4, -0.2) is 30.8 Å². The number of rotatable bonds is 5. The molecule has 98 valence electrons. The van der Waals surface area contributed by atoms with Gasteiger partial charge < -0.3 is 20.3 Å². The van der Waals surface area contributed by atoms with E-state index in [0.717, 1.165) is 16.9 Å². The van der Waals surface area contributed by atoms with E-state index < -0.39 is 5.97 Å². The van der Waals surface area contributed by atoms with Crippen molar-refractivity contribution in [2.75, 3.05) is 13.7 Å². The van der Waals surface area contributed by atoms with Gasteiger partial charge in [-0.1, -0.05) is 12.1 Å². The Kier molecular flexibility index (Phi) is 3.84. The molecule has 2 unspecified atom stereocenters. The van der Waals surface area contributed by atoms with E-state index in [-0.39, 0.29) is 25.2 Å². The highest BCUT2D eigenvalue weighted by Gasteiger charge is 2.32. The van der Waals surface area contributed by atoms with Gasteiger partial charge in [0.25, 0.3) is 0 Å². The Morgan fingerprint density at radius 2 is 2.33 bits per heavy atom. The fourth-order valence-corrected chi connectivity index (χ4v) is 2.32. The number of carboxylic acid groups (broad SMARTS) is 1. The molecule has 0 heterocycles. The number of fused-ring (bicyclic) bond motifs is 1. The van der Waals surface area contributed by atoms with Gasteiger partial charge >= 0.3 is 5.97 Å². The van der Waals surface area contributed by atoms with Gasteiger partial charge in [0.05, 0.1) is 26.2 Å². The molecule has 0 bridgehead atoms. The van der Waals surface area contributed by atoms with Crippen LogP contribution in [0.1, 0.15) is 23.7 Å². The number of methoxy groups -OCH3 is 1. The van der Waals surface area contributed by atoms with E-state index in [4.69, 9.17) is 20.3 Å². The maximum atomic E-state index is 10.5. The molecular weight excluding hydrogens is 234 g/mol. The lowest BCUT2D eigenvalue weighted by molar-refractivity contribution is -0.138. The van der Waals surface area contributed by atoms with Crippen molar-refractivity contribution >= 4 is 5.97 Å². The zero-order valence-electron chi connectivity index (χ0n) is 10.3. The smallest absolute Gasteiger partial charge is 0.305 e. The third kappa shape index (κ3) is 2.47. The van der Waals surface area contributed by atoms with Gasteiger partial charge in [0.15, 0.2) is 0 Å². The molecule has 0 saturated carbocycles. The van der Waals surface area contributed by atoms with Gasteiger partial charge in [0.2, 0.25) is 0 Å². The lowest BCUT2D eigenvalue weighted by atomic mass is 10.1. The van der Waals surface area contributed by atoms with Gasteiger partial charge in [-0.25, -0.2) is 0 Å². The lowest BCUT2D eigenvalue weighted by Gasteiger charge is -2.17. The van der Waals surface area contributed by atoms with Crippen LogP contribution in [0.3, 0.4) is 0 Å². The number of hydrogen-bond donors (Lipinski definition) is 2. The molecule has 0 aromatic heterocycles. The minimum absolute atomic E-state index is 0.0114. The van der Waals surface area contributed by atoms with Gasteiger partial charge in [-0.3, -0.25) is 4.79 Å². The summed E-state index contributed by atoms with van der Waals surface area (Å²) >= 11 is 0. The van der Waals surface area contributed by atoms with Gasteiger partial charge in [0, 0.05) is 11.6 Å². The predicted octanol–water partition coefficient (Wildman–Crippen LogP) is 1.11. The topological polar surface area (TPSA) is 81.8 Å². The molecule has 5 nitrogen and oxygen atoms in total. The predicted molar refractivity (Wildman–Crippen MR) is 65.6 cm³/mol. The molecule has 0 radical (unpaired) electrons. The highest BCUT2D eigenvalue weighted by atomic mass is 16.5. The van der Waals surface area contributed by atoms with Crippen LogP contribution in [0.25, 0.3) is 0 Å². The molecule has 2 rings (SSSR count). The first-order valence-electron chi connectivity index (χ1n) is 5.88. The second kappa shape index (κ2) is 5.37. The highest BCUT2D eigenvalue weighted by molar-refractivity contribution is 5.66. The zero-order valence-corrected chi connectivity index (χ0v) is 10.3. The van der Waals surface area contributed by atoms with Crippen LogP contribution in [0.5, 0.6) is 5.75 Å². The quantitative estimate of drug-likeness (QED) is 0.819. The van der Waals surface area contributed by atoms with Crippen LogP contribution in [0.2, 0.25) is 0 Å². The van der Waals surface area contributed by atoms with E-state index in [1.807, 2.05) is 18.2 Å². The first kappa shape index (κ1) is 12.9. The summed E-state index contributed by atoms with van der Waals surface area (Å²) in [5, 5.41) is 8.60. The van der Waals surface area contributed by atoms with Crippen molar-refractivity contribution in [1.29, 1.82) is 0 Å². The summed E-state index contributed by atoms with van der Waals surface area (Å²) in [4.78, 5) is 10.5. The Balaban J connectivity index is 2.12. The Morgan fingerprint density at radius 3 is 3.00 bits per heavy atom. The van der Waals surface area contributed by atoms with Crippen LogP contribution >= 0.6 is 0 Å². The van der Waals surface area contributed by atoms with Gasteiger partial charge in [-0.05, 0) is 18.1 Å². The summed E-state index contributed by atoms with van der Waals surface area (Å²) in [6.45, 7) is 0.171. The Labute approximate surface area is 106 Å². The summed E-state index contributed by atoms with van der Waals surface area (Å²) < 4.78 is 10.9. The first-order chi connectivity index (χ1) is 8.63. The van der Waals surface area contributed by atoms with E-state index in [9.17, 15) is 4.79 Å². The number of aliphatic carboxylic acids is 1. The van der Waals surface area contributed by atoms with Crippen molar-refractivity contribution in [2.45, 2.75) is 25.0 Å². The van der Waals surface area contributed by atoms with Crippen LogP contribution in [0.15, 0.2) is 18.2 Å². The summed E-state index contributed by atoms with van der Waals surface area (Å²) in [6, 6.07) is 5.59. The minimum atomic E-state index is -0.868. The Hall–Kier alpha value is -1.59. The Morgan fingerprint density at radius 1 is 1.56 bits per heavy atom. The molecule has 1 aliphatic rings. The molecule has 0 aliphatic heterocycles. The monoisotopic (exact) mass is 251 g/mol. The second-order valence-corrected chi connectivity index (χ2v) is 4.33. The van der Waals surface area contributed by atoms with Crippen molar-refractivity contribution in [3.05, 3.63) is 29.3 Å². The third-order valence-electron chi connectivity index (χ3n) is 3.14. The minimum Gasteiger partial charge on any atom is -0.496 e. The lowest BCUT2D eigenvalue weighted by Crippen LogP contribution is -2.27. The largest absolute Gasteiger partial charge is 0.496 e. The molecule has 1 aromatic carbocycles. The van der Waals surface area contributed by atoms with Crippen LogP contribution in [0.4, 0.5) is 0 Å². The van der Waals surface area contributed by atoms with Crippen molar-refractivity contribution < 1.29 is 19.4 Å². The van der Waals surface area contributed by atoms with Crippen LogP contribution in [-0.2, 0) is 16.0 Å². The van der Waals surface area contributed by atoms with Gasteiger partial charge in [0.1, 0.15) is 5.75 Å². The maximum absolute atomic E-state index is 10.5. The zero-order chi connectivity index (χ0) is 13.1. The number of carbonyl (C=O) groups is 1. The number of carboxylic acids is 1. The van der Waals surface area contributed by atoms with Crippen LogP contribution in [0, 0.1) is 0 Å². The van der Waals surface area contributed by atoms with E-state index >= 15 is 0 Å². The molecule has 0 spiro atoms. The Bertz CT molecular complexity index is 447. The standard InChI is InChI=1S/C13H17NO4/c1-17-11-4-2-3-8-9(11)7-10(14)13(8)18-6-5-12(15)16/h2-4,10,13H,5-7,14H2,1H3,(H,15,16). The first-order valence-corrected chi connectivity index (χ1v) is 5.88. The summed E-state index contributed by atoms with van der Waals surface area (Å²) in [6.07, 6.45) is 0.439. The molecule has 0 amide bonds. The summed E-state index contributed by atoms with van der Waals surface area (Å²) in [7, 11) is 1.62. The number of ether oxygens (including phenoxy) is 2. The molecule has 3 N–H and O–H groups in total. The maximum Gasteiger partial charge on any atom is 0.305 e. The average Bonchev–Trinajstić information content (AvgIpc) is 2.65. The van der Waals surface area contributed by atoms with Crippen molar-refractivity contribution in [1.82, 2.24) is 0 Å². The third-order valence-corrected chi connectivity index (χ3v) is 3.14. The van der Waals surface area contributed by atoms with E-state index in [0.29, 0.717) is 6.42 Å². The molecule has 1 aromatic rings. The van der Waals surface area contributed by atoms with Crippen molar-refractivity contribution in [2.24, 2.45) is 5.73 Å². The number of benzene rings is 1. The van der Waals surface area contributed by atoms with Crippen LogP contribution < -0.4 is 10.5 Å². The van der Waals surface area contributed by atoms with Gasteiger partial charge in [-0.15, -0.1) is 0 Å². The van der Waals surface area contributed by atoms with E-state index in [1.165, 1.54) is 0 Å². The summed E-state index contributed by atoms with van der Waals surface area (Å²) in [5.41, 5.74) is 8.11. The molecule has 1 aliphatic carbocycles. The normalized spacial score (nSPS) is 21.7. The molecule has 5 heteroatoms. The molecule has 2 atom stereocenters. The molecule has 18 heavy (non-hydrogen) atoms. The fourth-order valence-electron chi connectivity index (χ4n) is 2.32. The summed E-state index contributed by atoms with van der Waals surface area (Å²) in [5.74, 6) is -0.0558. The number of hydrogen-bond acceptors (Lipinski definition) is 4. The molecule has 0 fully saturated rings. The van der Waals surface area contributed by atoms with E-state index in [1.54, 1.807) is 7.11 Å². The molecular formula is C13H17NO4. The highest BCUT2D eigenvalue weighted by Crippen LogP contribution is 2.38. The number of nitrogens with two attached hydrogens (primary N) is 1. The van der Waals surface area contributed by atoms with Crippen molar-refractivity contribution in [3.63, 3.8) is 0 Å². The van der Waals surface area contributed by atoms with E-state index in [2.05, 4.69) is 0 Å². The fraction of sp³-hybridized carbons (Fsp3) is 0.462. The molecule has 0 saturated heterocycles.